The smallest absolute Gasteiger partial charge is 0.407 e. The van der Waals surface area contributed by atoms with Crippen LogP contribution in [0.25, 0.3) is 44.7 Å². The SMILES string of the molecule is CCCc1cnc(C2Oc3cc(-c4cnc([C@@H]5CCCN5C(=O)[C@@H](NC(=O)OC)C(C)C)[nH]4)cc(F)c3-c3cc4cc(-c5cnc([C@@H]6CCCN6C(=O)C(NC(=O)OC)C6CCOC(C)(C)C6)[nH]5)ccc4n32)s1. The lowest BCUT2D eigenvalue weighted by Gasteiger charge is -2.40. The molecule has 8 heterocycles. The zero-order chi connectivity index (χ0) is 51.3. The highest BCUT2D eigenvalue weighted by Gasteiger charge is 2.43. The molecule has 0 bridgehead atoms. The zero-order valence-corrected chi connectivity index (χ0v) is 43.1. The number of benzene rings is 2. The van der Waals surface area contributed by atoms with Gasteiger partial charge in [0.15, 0.2) is 5.01 Å². The van der Waals surface area contributed by atoms with Crippen LogP contribution in [0.4, 0.5) is 14.0 Å². The van der Waals surface area contributed by atoms with Gasteiger partial charge in [-0.15, -0.1) is 11.3 Å². The second kappa shape index (κ2) is 20.2. The molecule has 18 nitrogen and oxygen atoms in total. The van der Waals surface area contributed by atoms with Crippen molar-refractivity contribution < 1.29 is 42.5 Å². The molecule has 4 amide bonds. The van der Waals surface area contributed by atoms with Crippen LogP contribution in [0.5, 0.6) is 5.75 Å². The quantitative estimate of drug-likeness (QED) is 0.0857. The van der Waals surface area contributed by atoms with Crippen LogP contribution in [-0.2, 0) is 30.2 Å². The minimum Gasteiger partial charge on any atom is -0.462 e. The maximum Gasteiger partial charge on any atom is 0.407 e. The number of carbonyl (C=O) groups is 4. The predicted octanol–water partition coefficient (Wildman–Crippen LogP) is 9.21. The second-order valence-electron chi connectivity index (χ2n) is 20.5. The third-order valence-corrected chi connectivity index (χ3v) is 15.8. The molecule has 6 atom stereocenters. The number of H-pyrrole nitrogens is 2. The predicted molar refractivity (Wildman–Crippen MR) is 271 cm³/mol. The van der Waals surface area contributed by atoms with E-state index in [-0.39, 0.29) is 35.7 Å². The van der Waals surface area contributed by atoms with Crippen LogP contribution in [0, 0.1) is 17.7 Å². The molecule has 0 spiro atoms. The van der Waals surface area contributed by atoms with Gasteiger partial charge in [0.2, 0.25) is 18.0 Å². The first-order chi connectivity index (χ1) is 35.1. The van der Waals surface area contributed by atoms with E-state index < -0.39 is 41.9 Å². The number of nitrogens with one attached hydrogen (secondary N) is 4. The minimum absolute atomic E-state index is 0.133. The van der Waals surface area contributed by atoms with E-state index in [2.05, 4.69) is 27.5 Å². The molecular weight excluding hydrogens is 956 g/mol. The first kappa shape index (κ1) is 49.8. The summed E-state index contributed by atoms with van der Waals surface area (Å²) in [4.78, 5) is 79.0. The molecule has 73 heavy (non-hydrogen) atoms. The third kappa shape index (κ3) is 9.66. The number of thiazole rings is 1. The zero-order valence-electron chi connectivity index (χ0n) is 42.3. The van der Waals surface area contributed by atoms with Crippen molar-refractivity contribution >= 4 is 46.2 Å². The molecule has 3 unspecified atom stereocenters. The van der Waals surface area contributed by atoms with Crippen LogP contribution >= 0.6 is 11.3 Å². The molecule has 3 saturated heterocycles. The first-order valence-electron chi connectivity index (χ1n) is 25.3. The first-order valence-corrected chi connectivity index (χ1v) is 26.1. The van der Waals surface area contributed by atoms with Gasteiger partial charge in [0, 0.05) is 47.3 Å². The summed E-state index contributed by atoms with van der Waals surface area (Å²) >= 11 is 1.57. The highest BCUT2D eigenvalue weighted by atomic mass is 32.1. The monoisotopic (exact) mass is 1020 g/mol. The largest absolute Gasteiger partial charge is 0.462 e. The normalized spacial score (nSPS) is 21.1. The lowest BCUT2D eigenvalue weighted by Crippen LogP contribution is -2.54. The number of likely N-dealkylation sites (tertiary alicyclic amines) is 2. The number of hydrogen-bond donors (Lipinski definition) is 4. The Bertz CT molecular complexity index is 3050. The molecule has 10 rings (SSSR count). The fourth-order valence-corrected chi connectivity index (χ4v) is 12.2. The van der Waals surface area contributed by atoms with Gasteiger partial charge in [-0.3, -0.25) is 14.2 Å². The average Bonchev–Trinajstić information content (AvgIpc) is 4.24. The van der Waals surface area contributed by atoms with Crippen LogP contribution < -0.4 is 15.4 Å². The summed E-state index contributed by atoms with van der Waals surface area (Å²) in [7, 11) is 2.56. The number of imidazole rings is 2. The topological polar surface area (TPSA) is 211 Å². The molecule has 6 aromatic rings. The number of hydrogen-bond acceptors (Lipinski definition) is 12. The number of methoxy groups -OCH3 is 2. The Balaban J connectivity index is 0.950. The maximum atomic E-state index is 17.0. The van der Waals surface area contributed by atoms with Gasteiger partial charge >= 0.3 is 12.2 Å². The highest BCUT2D eigenvalue weighted by molar-refractivity contribution is 7.11. The summed E-state index contributed by atoms with van der Waals surface area (Å²) < 4.78 is 41.5. The number of aromatic amines is 2. The van der Waals surface area contributed by atoms with E-state index >= 15 is 4.39 Å². The van der Waals surface area contributed by atoms with E-state index in [1.165, 1.54) is 20.3 Å². The fraction of sp³-hybridized carbons (Fsp3) is 0.491. The van der Waals surface area contributed by atoms with Crippen molar-refractivity contribution in [1.82, 2.24) is 49.9 Å². The van der Waals surface area contributed by atoms with Gasteiger partial charge in [0.1, 0.15) is 35.3 Å². The molecule has 386 valence electrons. The molecule has 4 aliphatic heterocycles. The number of fused-ring (bicyclic) bond motifs is 5. The van der Waals surface area contributed by atoms with Crippen molar-refractivity contribution in [2.24, 2.45) is 11.8 Å². The van der Waals surface area contributed by atoms with E-state index in [9.17, 15) is 19.2 Å². The Morgan fingerprint density at radius 2 is 1.53 bits per heavy atom. The standard InChI is InChI=1S/C53H63FN10O8S/c1-8-11-33-25-57-47(73-33)50-64-37-15-14-29(35-26-55-45(58-35)39-13-10-18-63(39)49(66)44(61-52(68)70-7)30-16-19-71-53(4,5)24-30)20-32(37)22-40(64)42-34(54)21-31(23-41(42)72-50)36-27-56-46(59-36)38-12-9-17-62(38)48(65)43(28(2)3)60-51(67)69-6/h14-15,20-23,25-28,30,38-39,43-44,50H,8-13,16-19,24H2,1-7H3,(H,55,58)(H,56,59)(H,60,67)(H,61,68)/t30?,38-,39-,43-,44?,50?/m0/s1. The van der Waals surface area contributed by atoms with Crippen molar-refractivity contribution in [3.05, 3.63) is 82.3 Å². The molecule has 0 saturated carbocycles. The number of carbonyl (C=O) groups excluding carboxylic acids is 4. The van der Waals surface area contributed by atoms with Gasteiger partial charge in [-0.25, -0.2) is 28.9 Å². The number of aromatic nitrogens is 6. The number of aryl methyl sites for hydroxylation is 1. The van der Waals surface area contributed by atoms with Crippen LogP contribution in [0.2, 0.25) is 0 Å². The van der Waals surface area contributed by atoms with Crippen molar-refractivity contribution in [1.29, 1.82) is 0 Å². The fourth-order valence-electron chi connectivity index (χ4n) is 11.2. The summed E-state index contributed by atoms with van der Waals surface area (Å²) in [5.74, 6) is 0.380. The number of alkyl carbamates (subject to hydrolysis) is 2. The van der Waals surface area contributed by atoms with Crippen LogP contribution in [0.1, 0.15) is 119 Å². The molecule has 4 aliphatic rings. The Labute approximate surface area is 426 Å². The third-order valence-electron chi connectivity index (χ3n) is 14.7. The van der Waals surface area contributed by atoms with Gasteiger partial charge in [-0.1, -0.05) is 33.3 Å². The van der Waals surface area contributed by atoms with Gasteiger partial charge in [-0.05, 0) is 101 Å². The lowest BCUT2D eigenvalue weighted by molar-refractivity contribution is -0.139. The molecule has 0 aliphatic carbocycles. The van der Waals surface area contributed by atoms with Gasteiger partial charge in [0.25, 0.3) is 0 Å². The van der Waals surface area contributed by atoms with Crippen LogP contribution in [0.3, 0.4) is 0 Å². The Hall–Kier alpha value is -6.80. The molecule has 2 aromatic carbocycles. The molecular formula is C53H63FN10O8S. The molecule has 4 aromatic heterocycles. The molecule has 0 radical (unpaired) electrons. The number of rotatable bonds is 13. The Morgan fingerprint density at radius 1 is 0.863 bits per heavy atom. The summed E-state index contributed by atoms with van der Waals surface area (Å²) in [6.45, 7) is 11.4. The van der Waals surface area contributed by atoms with E-state index in [0.29, 0.717) is 85.3 Å². The summed E-state index contributed by atoms with van der Waals surface area (Å²) in [5.41, 5.74) is 4.03. The number of halogens is 1. The van der Waals surface area contributed by atoms with Crippen molar-refractivity contribution in [3.63, 3.8) is 0 Å². The summed E-state index contributed by atoms with van der Waals surface area (Å²) in [6, 6.07) is 9.08. The maximum absolute atomic E-state index is 17.0. The van der Waals surface area contributed by atoms with E-state index in [1.807, 2.05) is 73.7 Å². The van der Waals surface area contributed by atoms with Crippen LogP contribution in [0.15, 0.2) is 55.0 Å². The van der Waals surface area contributed by atoms with Crippen molar-refractivity contribution in [2.45, 2.75) is 122 Å². The number of amides is 4. The van der Waals surface area contributed by atoms with Gasteiger partial charge in [-0.2, -0.15) is 0 Å². The van der Waals surface area contributed by atoms with Crippen molar-refractivity contribution in [2.75, 3.05) is 33.9 Å². The van der Waals surface area contributed by atoms with Gasteiger partial charge in [0.05, 0.1) is 72.5 Å². The number of nitrogens with zero attached hydrogens (tertiary/aromatic N) is 6. The molecule has 4 N–H and O–H groups in total. The molecule has 20 heteroatoms. The van der Waals surface area contributed by atoms with Crippen LogP contribution in [-0.4, -0.2) is 115 Å². The van der Waals surface area contributed by atoms with Gasteiger partial charge < -0.3 is 49.3 Å². The average molecular weight is 1020 g/mol. The second-order valence-corrected chi connectivity index (χ2v) is 21.6. The highest BCUT2D eigenvalue weighted by Crippen LogP contribution is 2.48. The van der Waals surface area contributed by atoms with E-state index in [0.717, 1.165) is 57.7 Å². The van der Waals surface area contributed by atoms with Crippen molar-refractivity contribution in [3.8, 4) is 39.5 Å². The Morgan fingerprint density at radius 3 is 2.19 bits per heavy atom. The summed E-state index contributed by atoms with van der Waals surface area (Å²) in [5, 5.41) is 7.13. The number of ether oxygens (including phenoxy) is 4. The molecule has 3 fully saturated rings. The Kier molecular flexibility index (Phi) is 13.8. The minimum atomic E-state index is -0.779. The van der Waals surface area contributed by atoms with E-state index in [4.69, 9.17) is 33.9 Å². The lowest BCUT2D eigenvalue weighted by atomic mass is 9.82. The van der Waals surface area contributed by atoms with E-state index in [1.54, 1.807) is 28.6 Å². The summed E-state index contributed by atoms with van der Waals surface area (Å²) in [6.07, 6.45) is 9.26.